The Morgan fingerprint density at radius 2 is 2.09 bits per heavy atom. The minimum Gasteiger partial charge on any atom is -0.494 e. The normalized spacial score (nSPS) is 17.0. The van der Waals surface area contributed by atoms with Gasteiger partial charge in [0.15, 0.2) is 11.6 Å². The second kappa shape index (κ2) is 7.56. The number of benzene rings is 1. The van der Waals surface area contributed by atoms with E-state index in [1.807, 2.05) is 0 Å². The Morgan fingerprint density at radius 1 is 1.36 bits per heavy atom. The molecule has 1 aliphatic heterocycles. The van der Waals surface area contributed by atoms with Crippen LogP contribution in [0.4, 0.5) is 4.39 Å². The number of amides is 1. The maximum atomic E-state index is 13.4. The molecule has 1 aromatic carbocycles. The lowest BCUT2D eigenvalue weighted by Gasteiger charge is -2.37. The number of ether oxygens (including phenoxy) is 2. The highest BCUT2D eigenvalue weighted by Gasteiger charge is 2.32. The summed E-state index contributed by atoms with van der Waals surface area (Å²) in [6.07, 6.45) is 1.90. The highest BCUT2D eigenvalue weighted by Crippen LogP contribution is 2.28. The van der Waals surface area contributed by atoms with Crippen LogP contribution in [0, 0.1) is 11.2 Å². The first-order valence-corrected chi connectivity index (χ1v) is 7.42. The monoisotopic (exact) mass is 310 g/mol. The Bertz CT molecular complexity index is 511. The summed E-state index contributed by atoms with van der Waals surface area (Å²) in [5, 5.41) is 6.25. The molecule has 6 heteroatoms. The number of piperidine rings is 1. The van der Waals surface area contributed by atoms with Gasteiger partial charge in [0.05, 0.1) is 13.7 Å². The first kappa shape index (κ1) is 16.7. The van der Waals surface area contributed by atoms with Gasteiger partial charge in [0.1, 0.15) is 0 Å². The van der Waals surface area contributed by atoms with Crippen molar-refractivity contribution in [2.75, 3.05) is 40.5 Å². The molecule has 0 bridgehead atoms. The highest BCUT2D eigenvalue weighted by molar-refractivity contribution is 5.94. The first-order valence-electron chi connectivity index (χ1n) is 7.42. The molecule has 1 saturated heterocycles. The van der Waals surface area contributed by atoms with Gasteiger partial charge in [-0.1, -0.05) is 0 Å². The molecule has 0 radical (unpaired) electrons. The Hall–Kier alpha value is -1.66. The minimum absolute atomic E-state index is 0.0419. The molecular weight excluding hydrogens is 287 g/mol. The van der Waals surface area contributed by atoms with E-state index in [0.29, 0.717) is 18.7 Å². The molecule has 2 N–H and O–H groups in total. The zero-order valence-corrected chi connectivity index (χ0v) is 13.1. The van der Waals surface area contributed by atoms with Gasteiger partial charge in [-0.3, -0.25) is 4.79 Å². The van der Waals surface area contributed by atoms with Gasteiger partial charge in [-0.2, -0.15) is 0 Å². The summed E-state index contributed by atoms with van der Waals surface area (Å²) in [6.45, 7) is 3.00. The molecule has 0 aromatic heterocycles. The predicted octanol–water partition coefficient (Wildman–Crippen LogP) is 1.58. The van der Waals surface area contributed by atoms with Crippen LogP contribution in [0.1, 0.15) is 23.2 Å². The standard InChI is InChI=1S/C16H23FN2O3/c1-21-11-16(5-7-18-8-6-16)10-19-15(20)12-3-4-13(17)14(9-12)22-2/h3-4,9,18H,5-8,10-11H2,1-2H3,(H,19,20). The molecule has 1 heterocycles. The summed E-state index contributed by atoms with van der Waals surface area (Å²) in [7, 11) is 3.05. The van der Waals surface area contributed by atoms with E-state index in [2.05, 4.69) is 10.6 Å². The number of methoxy groups -OCH3 is 2. The van der Waals surface area contributed by atoms with Crippen LogP contribution >= 0.6 is 0 Å². The summed E-state index contributed by atoms with van der Waals surface area (Å²) in [5.74, 6) is -0.637. The van der Waals surface area contributed by atoms with Crippen molar-refractivity contribution in [2.24, 2.45) is 5.41 Å². The second-order valence-electron chi connectivity index (χ2n) is 5.72. The molecule has 0 aliphatic carbocycles. The molecule has 5 nitrogen and oxygen atoms in total. The summed E-state index contributed by atoms with van der Waals surface area (Å²) >= 11 is 0. The van der Waals surface area contributed by atoms with E-state index >= 15 is 0 Å². The van der Waals surface area contributed by atoms with Gasteiger partial charge >= 0.3 is 0 Å². The number of carbonyl (C=O) groups excluding carboxylic acids is 1. The minimum atomic E-state index is -0.478. The third-order valence-corrected chi connectivity index (χ3v) is 4.15. The van der Waals surface area contributed by atoms with Crippen LogP contribution in [0.2, 0.25) is 0 Å². The fourth-order valence-corrected chi connectivity index (χ4v) is 2.81. The largest absolute Gasteiger partial charge is 0.494 e. The van der Waals surface area contributed by atoms with Crippen LogP contribution < -0.4 is 15.4 Å². The molecule has 122 valence electrons. The van der Waals surface area contributed by atoms with Crippen molar-refractivity contribution in [3.05, 3.63) is 29.6 Å². The SMILES string of the molecule is COCC1(CNC(=O)c2ccc(F)c(OC)c2)CCNCC1. The lowest BCUT2D eigenvalue weighted by molar-refractivity contribution is 0.0511. The van der Waals surface area contributed by atoms with Gasteiger partial charge in [0.2, 0.25) is 0 Å². The fraction of sp³-hybridized carbons (Fsp3) is 0.562. The number of halogens is 1. The molecular formula is C16H23FN2O3. The van der Waals surface area contributed by atoms with E-state index in [0.717, 1.165) is 25.9 Å². The molecule has 0 unspecified atom stereocenters. The van der Waals surface area contributed by atoms with E-state index in [9.17, 15) is 9.18 Å². The maximum absolute atomic E-state index is 13.4. The Morgan fingerprint density at radius 3 is 2.73 bits per heavy atom. The zero-order chi connectivity index (χ0) is 16.0. The summed E-state index contributed by atoms with van der Waals surface area (Å²) in [4.78, 5) is 12.3. The summed E-state index contributed by atoms with van der Waals surface area (Å²) < 4.78 is 23.6. The summed E-state index contributed by atoms with van der Waals surface area (Å²) in [5.41, 5.74) is 0.347. The smallest absolute Gasteiger partial charge is 0.251 e. The van der Waals surface area contributed by atoms with E-state index in [1.165, 1.54) is 25.3 Å². The van der Waals surface area contributed by atoms with E-state index in [1.54, 1.807) is 7.11 Å². The Balaban J connectivity index is 2.01. The van der Waals surface area contributed by atoms with Crippen molar-refractivity contribution in [3.8, 4) is 5.75 Å². The molecule has 0 spiro atoms. The number of hydrogen-bond donors (Lipinski definition) is 2. The van der Waals surface area contributed by atoms with E-state index in [4.69, 9.17) is 9.47 Å². The van der Waals surface area contributed by atoms with Crippen LogP contribution in [0.3, 0.4) is 0 Å². The molecule has 1 aliphatic rings. The molecule has 2 rings (SSSR count). The van der Waals surface area contributed by atoms with Crippen molar-refractivity contribution in [3.63, 3.8) is 0 Å². The van der Waals surface area contributed by atoms with Gasteiger partial charge in [0, 0.05) is 24.6 Å². The molecule has 1 aromatic rings. The van der Waals surface area contributed by atoms with Crippen molar-refractivity contribution < 1.29 is 18.7 Å². The van der Waals surface area contributed by atoms with E-state index in [-0.39, 0.29) is 17.1 Å². The number of rotatable bonds is 6. The predicted molar refractivity (Wildman–Crippen MR) is 81.7 cm³/mol. The van der Waals surface area contributed by atoms with Crippen molar-refractivity contribution in [1.82, 2.24) is 10.6 Å². The van der Waals surface area contributed by atoms with Gasteiger partial charge < -0.3 is 20.1 Å². The molecule has 1 fully saturated rings. The van der Waals surface area contributed by atoms with Gasteiger partial charge in [-0.05, 0) is 44.1 Å². The van der Waals surface area contributed by atoms with Crippen LogP contribution in [-0.2, 0) is 4.74 Å². The van der Waals surface area contributed by atoms with Gasteiger partial charge in [0.25, 0.3) is 5.91 Å². The second-order valence-corrected chi connectivity index (χ2v) is 5.72. The van der Waals surface area contributed by atoms with Crippen molar-refractivity contribution in [2.45, 2.75) is 12.8 Å². The van der Waals surface area contributed by atoms with Crippen LogP contribution in [0.5, 0.6) is 5.75 Å². The first-order chi connectivity index (χ1) is 10.6. The highest BCUT2D eigenvalue weighted by atomic mass is 19.1. The fourth-order valence-electron chi connectivity index (χ4n) is 2.81. The lowest BCUT2D eigenvalue weighted by atomic mass is 9.79. The average molecular weight is 310 g/mol. The number of hydrogen-bond acceptors (Lipinski definition) is 4. The molecule has 0 atom stereocenters. The molecule has 22 heavy (non-hydrogen) atoms. The Labute approximate surface area is 130 Å². The maximum Gasteiger partial charge on any atom is 0.251 e. The quantitative estimate of drug-likeness (QED) is 0.837. The zero-order valence-electron chi connectivity index (χ0n) is 13.1. The van der Waals surface area contributed by atoms with Crippen molar-refractivity contribution >= 4 is 5.91 Å². The topological polar surface area (TPSA) is 59.6 Å². The van der Waals surface area contributed by atoms with E-state index < -0.39 is 5.82 Å². The van der Waals surface area contributed by atoms with Crippen LogP contribution in [-0.4, -0.2) is 46.4 Å². The van der Waals surface area contributed by atoms with Gasteiger partial charge in [-0.25, -0.2) is 4.39 Å². The summed E-state index contributed by atoms with van der Waals surface area (Å²) in [6, 6.07) is 4.11. The van der Waals surface area contributed by atoms with Gasteiger partial charge in [-0.15, -0.1) is 0 Å². The molecule has 0 saturated carbocycles. The Kier molecular flexibility index (Phi) is 5.74. The third kappa shape index (κ3) is 3.96. The van der Waals surface area contributed by atoms with Crippen LogP contribution in [0.25, 0.3) is 0 Å². The number of carbonyl (C=O) groups is 1. The lowest BCUT2D eigenvalue weighted by Crippen LogP contribution is -2.47. The third-order valence-electron chi connectivity index (χ3n) is 4.15. The molecule has 1 amide bonds. The van der Waals surface area contributed by atoms with Crippen LogP contribution in [0.15, 0.2) is 18.2 Å². The number of nitrogens with one attached hydrogen (secondary N) is 2. The average Bonchev–Trinajstić information content (AvgIpc) is 2.54. The van der Waals surface area contributed by atoms with Crippen molar-refractivity contribution in [1.29, 1.82) is 0 Å².